The van der Waals surface area contributed by atoms with Gasteiger partial charge in [-0.1, -0.05) is 20.8 Å². The number of nitrogens with zero attached hydrogens (tertiary/aromatic N) is 1. The predicted molar refractivity (Wildman–Crippen MR) is 146 cm³/mol. The molecule has 2 aromatic carbocycles. The summed E-state index contributed by atoms with van der Waals surface area (Å²) >= 11 is 0. The molecule has 3 unspecified atom stereocenters. The SMILES string of the molecule is CC(COC(C)C(F)(F)F)Nc1ccc(Nc2ccc3c(c2)C(C)(C)[C@@H](C)C(N(C)CC2CC2)C3=O)cc1. The molecule has 0 aromatic heterocycles. The lowest BCUT2D eigenvalue weighted by Gasteiger charge is -2.46. The zero-order chi connectivity index (χ0) is 27.8. The third-order valence-corrected chi connectivity index (χ3v) is 8.22. The number of rotatable bonds is 10. The minimum Gasteiger partial charge on any atom is -0.380 e. The highest BCUT2D eigenvalue weighted by Crippen LogP contribution is 2.44. The number of nitrogens with one attached hydrogen (secondary N) is 2. The van der Waals surface area contributed by atoms with Crippen LogP contribution in [0.5, 0.6) is 0 Å². The number of halogens is 3. The summed E-state index contributed by atoms with van der Waals surface area (Å²) in [5.41, 5.74) is 4.28. The molecule has 2 aliphatic rings. The summed E-state index contributed by atoms with van der Waals surface area (Å²) in [5, 5.41) is 6.60. The van der Waals surface area contributed by atoms with E-state index in [2.05, 4.69) is 49.4 Å². The van der Waals surface area contributed by atoms with E-state index < -0.39 is 12.3 Å². The maximum Gasteiger partial charge on any atom is 0.414 e. The van der Waals surface area contributed by atoms with E-state index in [1.54, 1.807) is 6.92 Å². The summed E-state index contributed by atoms with van der Waals surface area (Å²) in [6, 6.07) is 13.2. The van der Waals surface area contributed by atoms with Crippen molar-refractivity contribution in [3.05, 3.63) is 53.6 Å². The van der Waals surface area contributed by atoms with Crippen LogP contribution in [0.4, 0.5) is 30.2 Å². The van der Waals surface area contributed by atoms with Crippen molar-refractivity contribution in [1.29, 1.82) is 0 Å². The van der Waals surface area contributed by atoms with Gasteiger partial charge in [0.1, 0.15) is 0 Å². The molecule has 0 saturated heterocycles. The first-order valence-corrected chi connectivity index (χ1v) is 13.5. The predicted octanol–water partition coefficient (Wildman–Crippen LogP) is 7.02. The van der Waals surface area contributed by atoms with Gasteiger partial charge in [-0.15, -0.1) is 0 Å². The van der Waals surface area contributed by atoms with Gasteiger partial charge in [0.25, 0.3) is 0 Å². The number of hydrogen-bond donors (Lipinski definition) is 2. The van der Waals surface area contributed by atoms with Gasteiger partial charge in [0.15, 0.2) is 11.9 Å². The van der Waals surface area contributed by atoms with Gasteiger partial charge in [-0.05, 0) is 99.0 Å². The Bertz CT molecular complexity index is 1130. The summed E-state index contributed by atoms with van der Waals surface area (Å²) in [4.78, 5) is 15.8. The Hall–Kier alpha value is -2.58. The van der Waals surface area contributed by atoms with Gasteiger partial charge in [-0.25, -0.2) is 0 Å². The summed E-state index contributed by atoms with van der Waals surface area (Å²) < 4.78 is 42.9. The normalized spacial score (nSPS) is 22.6. The maximum atomic E-state index is 13.6. The lowest BCUT2D eigenvalue weighted by atomic mass is 9.63. The second-order valence-electron chi connectivity index (χ2n) is 11.7. The second-order valence-corrected chi connectivity index (χ2v) is 11.7. The lowest BCUT2D eigenvalue weighted by Crippen LogP contribution is -2.53. The number of hydrogen-bond acceptors (Lipinski definition) is 5. The Morgan fingerprint density at radius 2 is 1.66 bits per heavy atom. The summed E-state index contributed by atoms with van der Waals surface area (Å²) in [6.07, 6.45) is -3.63. The number of carbonyl (C=O) groups is 1. The number of fused-ring (bicyclic) bond motifs is 1. The van der Waals surface area contributed by atoms with Gasteiger partial charge >= 0.3 is 6.18 Å². The smallest absolute Gasteiger partial charge is 0.380 e. The molecule has 5 nitrogen and oxygen atoms in total. The van der Waals surface area contributed by atoms with Crippen LogP contribution in [-0.2, 0) is 10.2 Å². The lowest BCUT2D eigenvalue weighted by molar-refractivity contribution is -0.214. The van der Waals surface area contributed by atoms with Crippen LogP contribution in [-0.4, -0.2) is 55.2 Å². The molecule has 0 aliphatic heterocycles. The highest BCUT2D eigenvalue weighted by Gasteiger charge is 2.46. The fraction of sp³-hybridized carbons (Fsp3) is 0.567. The highest BCUT2D eigenvalue weighted by molar-refractivity contribution is 6.03. The van der Waals surface area contributed by atoms with Crippen molar-refractivity contribution in [3.8, 4) is 0 Å². The zero-order valence-electron chi connectivity index (χ0n) is 23.2. The van der Waals surface area contributed by atoms with Crippen LogP contribution in [0.25, 0.3) is 0 Å². The van der Waals surface area contributed by atoms with E-state index in [9.17, 15) is 18.0 Å². The Balaban J connectivity index is 1.41. The molecule has 2 N–H and O–H groups in total. The van der Waals surface area contributed by atoms with Gasteiger partial charge < -0.3 is 15.4 Å². The maximum absolute atomic E-state index is 13.6. The number of ether oxygens (including phenoxy) is 1. The van der Waals surface area contributed by atoms with Crippen LogP contribution >= 0.6 is 0 Å². The molecule has 8 heteroatoms. The number of ketones is 1. The number of carbonyl (C=O) groups excluding carboxylic acids is 1. The standard InChI is InChI=1S/C30H40F3N3O2/c1-18(17-38-20(3)30(31,32)33)34-22-9-11-23(12-10-22)35-24-13-14-25-26(15-24)29(4,5)19(2)27(28(25)37)36(6)16-21-7-8-21/h9-15,18-21,27,34-35H,7-8,16-17H2,1-6H3/t18?,19-,20?,27?/m0/s1. The second kappa shape index (κ2) is 10.9. The topological polar surface area (TPSA) is 53.6 Å². The van der Waals surface area contributed by atoms with Crippen molar-refractivity contribution < 1.29 is 22.7 Å². The molecule has 4 rings (SSSR count). The number of anilines is 3. The molecule has 0 amide bonds. The molecule has 0 radical (unpaired) electrons. The third-order valence-electron chi connectivity index (χ3n) is 8.22. The van der Waals surface area contributed by atoms with E-state index in [0.29, 0.717) is 0 Å². The van der Waals surface area contributed by atoms with Crippen LogP contribution in [0.2, 0.25) is 0 Å². The average Bonchev–Trinajstić information content (AvgIpc) is 3.66. The molecular weight excluding hydrogens is 491 g/mol. The highest BCUT2D eigenvalue weighted by atomic mass is 19.4. The molecule has 4 atom stereocenters. The van der Waals surface area contributed by atoms with E-state index >= 15 is 0 Å². The molecular formula is C30H40F3N3O2. The largest absolute Gasteiger partial charge is 0.414 e. The Labute approximate surface area is 224 Å². The van der Waals surface area contributed by atoms with Gasteiger partial charge in [0.05, 0.1) is 12.6 Å². The minimum atomic E-state index is -4.36. The Morgan fingerprint density at radius 1 is 1.05 bits per heavy atom. The molecule has 0 bridgehead atoms. The van der Waals surface area contributed by atoms with Crippen LogP contribution < -0.4 is 10.6 Å². The first kappa shape index (κ1) is 28.4. The molecule has 1 saturated carbocycles. The number of benzene rings is 2. The Morgan fingerprint density at radius 3 is 2.26 bits per heavy atom. The summed E-state index contributed by atoms with van der Waals surface area (Å²) in [5.74, 6) is 1.11. The van der Waals surface area contributed by atoms with Crippen molar-refractivity contribution in [2.75, 3.05) is 30.8 Å². The first-order chi connectivity index (χ1) is 17.8. The molecule has 0 spiro atoms. The molecule has 2 aromatic rings. The van der Waals surface area contributed by atoms with Gasteiger partial charge in [-0.2, -0.15) is 13.2 Å². The van der Waals surface area contributed by atoms with Crippen molar-refractivity contribution >= 4 is 22.8 Å². The number of Topliss-reactive ketones (excluding diaryl/α,β-unsaturated/α-hetero) is 1. The van der Waals surface area contributed by atoms with Gasteiger partial charge in [0.2, 0.25) is 0 Å². The summed E-state index contributed by atoms with van der Waals surface area (Å²) in [7, 11) is 2.09. The monoisotopic (exact) mass is 531 g/mol. The quantitative estimate of drug-likeness (QED) is 0.345. The molecule has 38 heavy (non-hydrogen) atoms. The van der Waals surface area contributed by atoms with E-state index in [1.807, 2.05) is 36.4 Å². The molecule has 2 aliphatic carbocycles. The van der Waals surface area contributed by atoms with Crippen LogP contribution in [0, 0.1) is 11.8 Å². The summed E-state index contributed by atoms with van der Waals surface area (Å²) in [6.45, 7) is 10.4. The van der Waals surface area contributed by atoms with Crippen LogP contribution in [0.15, 0.2) is 42.5 Å². The van der Waals surface area contributed by atoms with Crippen LogP contribution in [0.1, 0.15) is 63.4 Å². The van der Waals surface area contributed by atoms with E-state index in [1.165, 1.54) is 12.8 Å². The van der Waals surface area contributed by atoms with Crippen LogP contribution in [0.3, 0.4) is 0 Å². The zero-order valence-corrected chi connectivity index (χ0v) is 23.2. The van der Waals surface area contributed by atoms with Crippen molar-refractivity contribution in [3.63, 3.8) is 0 Å². The van der Waals surface area contributed by atoms with Gasteiger partial charge in [-0.3, -0.25) is 9.69 Å². The van der Waals surface area contributed by atoms with Crippen molar-refractivity contribution in [2.45, 2.75) is 77.2 Å². The minimum absolute atomic E-state index is 0.0556. The average molecular weight is 532 g/mol. The third kappa shape index (κ3) is 6.34. The molecule has 0 heterocycles. The van der Waals surface area contributed by atoms with E-state index in [4.69, 9.17) is 4.74 Å². The number of alkyl halides is 3. The van der Waals surface area contributed by atoms with E-state index in [0.717, 1.165) is 47.6 Å². The fourth-order valence-corrected chi connectivity index (χ4v) is 5.33. The van der Waals surface area contributed by atoms with Crippen molar-refractivity contribution in [1.82, 2.24) is 4.90 Å². The van der Waals surface area contributed by atoms with Crippen molar-refractivity contribution in [2.24, 2.45) is 11.8 Å². The number of likely N-dealkylation sites (N-methyl/N-ethyl adjacent to an activating group) is 1. The van der Waals surface area contributed by atoms with Gasteiger partial charge in [0, 0.05) is 35.2 Å². The Kier molecular flexibility index (Phi) is 8.15. The fourth-order valence-electron chi connectivity index (χ4n) is 5.33. The van der Waals surface area contributed by atoms with E-state index in [-0.39, 0.29) is 35.8 Å². The molecule has 1 fully saturated rings. The molecule has 208 valence electrons. The first-order valence-electron chi connectivity index (χ1n) is 13.5.